The molecule has 0 bridgehead atoms. The molecule has 0 saturated heterocycles. The Morgan fingerprint density at radius 3 is 2.44 bits per heavy atom. The molecule has 0 spiro atoms. The van der Waals surface area contributed by atoms with Gasteiger partial charge in [-0.25, -0.2) is 0 Å². The van der Waals surface area contributed by atoms with Crippen LogP contribution in [0, 0.1) is 0 Å². The molecule has 100 valence electrons. The van der Waals surface area contributed by atoms with E-state index in [1.807, 2.05) is 38.1 Å². The van der Waals surface area contributed by atoms with Gasteiger partial charge in [0.15, 0.2) is 6.29 Å². The molecule has 0 saturated carbocycles. The molecule has 1 unspecified atom stereocenters. The summed E-state index contributed by atoms with van der Waals surface area (Å²) in [5.74, 6) is 0.836. The Bertz CT molecular complexity index is 354. The van der Waals surface area contributed by atoms with Crippen molar-refractivity contribution >= 4 is 5.57 Å². The SMILES string of the molecule is C=C(C)c1ccc(OC(C)OCCCCC)cc1. The van der Waals surface area contributed by atoms with Crippen molar-refractivity contribution in [2.24, 2.45) is 0 Å². The summed E-state index contributed by atoms with van der Waals surface area (Å²) in [6.45, 7) is 10.8. The Morgan fingerprint density at radius 2 is 1.89 bits per heavy atom. The van der Waals surface area contributed by atoms with Gasteiger partial charge in [0.1, 0.15) is 5.75 Å². The van der Waals surface area contributed by atoms with Crippen molar-refractivity contribution in [3.63, 3.8) is 0 Å². The number of allylic oxidation sites excluding steroid dienone is 1. The second-order valence-electron chi connectivity index (χ2n) is 4.57. The topological polar surface area (TPSA) is 18.5 Å². The molecule has 0 heterocycles. The third-order valence-corrected chi connectivity index (χ3v) is 2.75. The summed E-state index contributed by atoms with van der Waals surface area (Å²) in [4.78, 5) is 0. The molecule has 1 aromatic rings. The van der Waals surface area contributed by atoms with Crippen LogP contribution in [0.25, 0.3) is 5.57 Å². The highest BCUT2D eigenvalue weighted by atomic mass is 16.7. The molecule has 0 aromatic heterocycles. The maximum Gasteiger partial charge on any atom is 0.196 e. The molecule has 18 heavy (non-hydrogen) atoms. The number of unbranched alkanes of at least 4 members (excludes halogenated alkanes) is 2. The molecule has 0 radical (unpaired) electrons. The van der Waals surface area contributed by atoms with E-state index in [4.69, 9.17) is 9.47 Å². The molecule has 0 amide bonds. The van der Waals surface area contributed by atoms with E-state index in [-0.39, 0.29) is 6.29 Å². The zero-order chi connectivity index (χ0) is 13.4. The predicted octanol–water partition coefficient (Wildman–Crippen LogP) is 4.65. The van der Waals surface area contributed by atoms with Crippen molar-refractivity contribution in [2.45, 2.75) is 46.3 Å². The molecule has 1 rings (SSSR count). The molecule has 0 aliphatic carbocycles. The van der Waals surface area contributed by atoms with Gasteiger partial charge < -0.3 is 9.47 Å². The van der Waals surface area contributed by atoms with E-state index in [0.717, 1.165) is 29.9 Å². The van der Waals surface area contributed by atoms with Gasteiger partial charge in [0, 0.05) is 0 Å². The highest BCUT2D eigenvalue weighted by molar-refractivity contribution is 5.61. The molecule has 0 aliphatic rings. The van der Waals surface area contributed by atoms with Crippen molar-refractivity contribution in [3.05, 3.63) is 36.4 Å². The molecule has 0 aliphatic heterocycles. The fraction of sp³-hybridized carbons (Fsp3) is 0.500. The van der Waals surface area contributed by atoms with Gasteiger partial charge >= 0.3 is 0 Å². The summed E-state index contributed by atoms with van der Waals surface area (Å²) < 4.78 is 11.3. The lowest BCUT2D eigenvalue weighted by Crippen LogP contribution is -2.16. The van der Waals surface area contributed by atoms with Crippen LogP contribution in [0.2, 0.25) is 0 Å². The second kappa shape index (κ2) is 7.93. The average Bonchev–Trinajstić information content (AvgIpc) is 2.35. The minimum atomic E-state index is -0.197. The van der Waals surface area contributed by atoms with E-state index in [1.165, 1.54) is 12.8 Å². The Hall–Kier alpha value is -1.28. The maximum absolute atomic E-state index is 5.68. The number of hydrogen-bond donors (Lipinski definition) is 0. The molecule has 2 nitrogen and oxygen atoms in total. The fourth-order valence-corrected chi connectivity index (χ4v) is 1.65. The van der Waals surface area contributed by atoms with E-state index < -0.39 is 0 Å². The predicted molar refractivity (Wildman–Crippen MR) is 76.7 cm³/mol. The zero-order valence-electron chi connectivity index (χ0n) is 11.7. The highest BCUT2D eigenvalue weighted by Crippen LogP contribution is 2.18. The number of ether oxygens (including phenoxy) is 2. The van der Waals surface area contributed by atoms with Crippen LogP contribution in [-0.2, 0) is 4.74 Å². The Kier molecular flexibility index (Phi) is 6.51. The minimum Gasteiger partial charge on any atom is -0.465 e. The van der Waals surface area contributed by atoms with Crippen LogP contribution in [-0.4, -0.2) is 12.9 Å². The van der Waals surface area contributed by atoms with Gasteiger partial charge in [0.2, 0.25) is 0 Å². The van der Waals surface area contributed by atoms with Crippen molar-refractivity contribution < 1.29 is 9.47 Å². The first-order chi connectivity index (χ1) is 8.63. The van der Waals surface area contributed by atoms with Crippen LogP contribution in [0.5, 0.6) is 5.75 Å². The number of hydrogen-bond acceptors (Lipinski definition) is 2. The lowest BCUT2D eigenvalue weighted by atomic mass is 10.1. The number of rotatable bonds is 8. The molecule has 0 fully saturated rings. The van der Waals surface area contributed by atoms with Gasteiger partial charge in [-0.05, 0) is 38.0 Å². The van der Waals surface area contributed by atoms with Crippen LogP contribution in [0.15, 0.2) is 30.8 Å². The molecule has 1 aromatic carbocycles. The van der Waals surface area contributed by atoms with Gasteiger partial charge in [-0.3, -0.25) is 0 Å². The maximum atomic E-state index is 5.68. The summed E-state index contributed by atoms with van der Waals surface area (Å²) >= 11 is 0. The number of benzene rings is 1. The van der Waals surface area contributed by atoms with Crippen LogP contribution >= 0.6 is 0 Å². The summed E-state index contributed by atoms with van der Waals surface area (Å²) in [5, 5.41) is 0. The van der Waals surface area contributed by atoms with E-state index in [0.29, 0.717) is 0 Å². The lowest BCUT2D eigenvalue weighted by Gasteiger charge is -2.15. The van der Waals surface area contributed by atoms with Crippen LogP contribution in [0.1, 0.15) is 45.6 Å². The summed E-state index contributed by atoms with van der Waals surface area (Å²) in [6, 6.07) is 7.94. The van der Waals surface area contributed by atoms with Gasteiger partial charge in [-0.2, -0.15) is 0 Å². The Labute approximate surface area is 111 Å². The first-order valence-electron chi connectivity index (χ1n) is 6.67. The van der Waals surface area contributed by atoms with Crippen LogP contribution in [0.4, 0.5) is 0 Å². The van der Waals surface area contributed by atoms with Crippen LogP contribution in [0.3, 0.4) is 0 Å². The van der Waals surface area contributed by atoms with Gasteiger partial charge in [0.05, 0.1) is 6.61 Å². The average molecular weight is 248 g/mol. The smallest absolute Gasteiger partial charge is 0.196 e. The van der Waals surface area contributed by atoms with E-state index >= 15 is 0 Å². The first kappa shape index (κ1) is 14.8. The molecule has 0 N–H and O–H groups in total. The Morgan fingerprint density at radius 1 is 1.22 bits per heavy atom. The van der Waals surface area contributed by atoms with E-state index in [1.54, 1.807) is 0 Å². The van der Waals surface area contributed by atoms with Crippen molar-refractivity contribution in [2.75, 3.05) is 6.61 Å². The van der Waals surface area contributed by atoms with Gasteiger partial charge in [-0.15, -0.1) is 0 Å². The first-order valence-corrected chi connectivity index (χ1v) is 6.67. The quantitative estimate of drug-likeness (QED) is 0.492. The lowest BCUT2D eigenvalue weighted by molar-refractivity contribution is -0.0676. The molecular formula is C16H24O2. The second-order valence-corrected chi connectivity index (χ2v) is 4.57. The standard InChI is InChI=1S/C16H24O2/c1-5-6-7-12-17-14(4)18-16-10-8-15(9-11-16)13(2)3/h8-11,14H,2,5-7,12H2,1,3-4H3. The molecule has 2 heteroatoms. The van der Waals surface area contributed by atoms with E-state index in [9.17, 15) is 0 Å². The highest BCUT2D eigenvalue weighted by Gasteiger charge is 2.03. The monoisotopic (exact) mass is 248 g/mol. The van der Waals surface area contributed by atoms with E-state index in [2.05, 4.69) is 13.5 Å². The summed E-state index contributed by atoms with van der Waals surface area (Å²) in [7, 11) is 0. The summed E-state index contributed by atoms with van der Waals surface area (Å²) in [5.41, 5.74) is 2.20. The van der Waals surface area contributed by atoms with Gasteiger partial charge in [0.25, 0.3) is 0 Å². The van der Waals surface area contributed by atoms with Crippen molar-refractivity contribution in [3.8, 4) is 5.75 Å². The van der Waals surface area contributed by atoms with Crippen molar-refractivity contribution in [1.82, 2.24) is 0 Å². The third kappa shape index (κ3) is 5.37. The fourth-order valence-electron chi connectivity index (χ4n) is 1.65. The largest absolute Gasteiger partial charge is 0.465 e. The van der Waals surface area contributed by atoms with Gasteiger partial charge in [-0.1, -0.05) is 44.1 Å². The molecule has 1 atom stereocenters. The molecular weight excluding hydrogens is 224 g/mol. The minimum absolute atomic E-state index is 0.197. The van der Waals surface area contributed by atoms with Crippen molar-refractivity contribution in [1.29, 1.82) is 0 Å². The normalized spacial score (nSPS) is 12.2. The Balaban J connectivity index is 2.35. The van der Waals surface area contributed by atoms with Crippen LogP contribution < -0.4 is 4.74 Å². The third-order valence-electron chi connectivity index (χ3n) is 2.75. The zero-order valence-corrected chi connectivity index (χ0v) is 11.7. The summed E-state index contributed by atoms with van der Waals surface area (Å²) in [6.07, 6.45) is 3.32.